The monoisotopic (exact) mass is 331 g/mol. The number of rotatable bonds is 4. The van der Waals surface area contributed by atoms with Gasteiger partial charge in [-0.3, -0.25) is 9.36 Å². The Morgan fingerprint density at radius 3 is 2.79 bits per heavy atom. The molecule has 6 heteroatoms. The first-order chi connectivity index (χ1) is 11.6. The molecule has 3 rings (SSSR count). The van der Waals surface area contributed by atoms with Crippen molar-refractivity contribution in [3.63, 3.8) is 0 Å². The first-order valence-corrected chi connectivity index (χ1v) is 8.07. The van der Waals surface area contributed by atoms with Gasteiger partial charge >= 0.3 is 5.97 Å². The molecule has 0 spiro atoms. The molecule has 2 aromatic rings. The predicted molar refractivity (Wildman–Crippen MR) is 88.0 cm³/mol. The van der Waals surface area contributed by atoms with Gasteiger partial charge in [-0.15, -0.1) is 0 Å². The van der Waals surface area contributed by atoms with Crippen LogP contribution >= 0.6 is 0 Å². The molecule has 0 amide bonds. The van der Waals surface area contributed by atoms with E-state index in [2.05, 4.69) is 0 Å². The van der Waals surface area contributed by atoms with Crippen molar-refractivity contribution in [3.8, 4) is 0 Å². The van der Waals surface area contributed by atoms with E-state index < -0.39 is 5.97 Å². The number of benzene rings is 1. The van der Waals surface area contributed by atoms with Crippen LogP contribution < -0.4 is 0 Å². The van der Waals surface area contributed by atoms with Gasteiger partial charge in [-0.1, -0.05) is 6.07 Å². The van der Waals surface area contributed by atoms with E-state index in [-0.39, 0.29) is 18.8 Å². The van der Waals surface area contributed by atoms with E-state index >= 15 is 0 Å². The van der Waals surface area contributed by atoms with Crippen molar-refractivity contribution in [3.05, 3.63) is 35.5 Å². The molecule has 1 aromatic heterocycles. The first kappa shape index (κ1) is 16.7. The van der Waals surface area contributed by atoms with Crippen LogP contribution in [-0.2, 0) is 20.8 Å². The first-order valence-electron chi connectivity index (χ1n) is 8.07. The minimum absolute atomic E-state index is 0.129. The van der Waals surface area contributed by atoms with Crippen LogP contribution in [0.3, 0.4) is 0 Å². The fourth-order valence-electron chi connectivity index (χ4n) is 3.00. The number of ether oxygens (including phenoxy) is 3. The van der Waals surface area contributed by atoms with E-state index in [0.717, 1.165) is 30.3 Å². The highest BCUT2D eigenvalue weighted by Gasteiger charge is 2.18. The highest BCUT2D eigenvalue weighted by Crippen LogP contribution is 2.24. The normalized spacial score (nSPS) is 17.8. The molecule has 1 saturated heterocycles. The molecule has 6 nitrogen and oxygen atoms in total. The maximum absolute atomic E-state index is 12.1. The summed E-state index contributed by atoms with van der Waals surface area (Å²) in [5.74, 6) is -0.559. The molecule has 1 atom stereocenters. The summed E-state index contributed by atoms with van der Waals surface area (Å²) in [4.78, 5) is 23.8. The lowest BCUT2D eigenvalue weighted by Crippen LogP contribution is -2.23. The minimum atomic E-state index is -0.429. The van der Waals surface area contributed by atoms with E-state index in [0.29, 0.717) is 17.7 Å². The summed E-state index contributed by atoms with van der Waals surface area (Å²) in [6.45, 7) is 2.49. The van der Waals surface area contributed by atoms with Crippen molar-refractivity contribution in [1.29, 1.82) is 0 Å². The lowest BCUT2D eigenvalue weighted by atomic mass is 10.1. The van der Waals surface area contributed by atoms with E-state index in [1.54, 1.807) is 16.7 Å². The molecule has 0 aliphatic carbocycles. The van der Waals surface area contributed by atoms with Crippen molar-refractivity contribution in [2.75, 3.05) is 13.7 Å². The molecule has 1 aromatic carbocycles. The Morgan fingerprint density at radius 1 is 1.29 bits per heavy atom. The minimum Gasteiger partial charge on any atom is -0.465 e. The number of hydrogen-bond acceptors (Lipinski definition) is 5. The Balaban J connectivity index is 1.90. The van der Waals surface area contributed by atoms with Crippen LogP contribution in [0.25, 0.3) is 10.9 Å². The number of fused-ring (bicyclic) bond motifs is 1. The summed E-state index contributed by atoms with van der Waals surface area (Å²) in [7, 11) is 1.33. The van der Waals surface area contributed by atoms with Crippen molar-refractivity contribution in [1.82, 2.24) is 4.57 Å². The fourth-order valence-corrected chi connectivity index (χ4v) is 3.00. The number of esters is 1. The zero-order valence-corrected chi connectivity index (χ0v) is 13.9. The summed E-state index contributed by atoms with van der Waals surface area (Å²) < 4.78 is 17.7. The van der Waals surface area contributed by atoms with Gasteiger partial charge in [0.2, 0.25) is 5.91 Å². The van der Waals surface area contributed by atoms with Gasteiger partial charge in [0.1, 0.15) is 0 Å². The van der Waals surface area contributed by atoms with Crippen LogP contribution in [0.1, 0.15) is 47.0 Å². The van der Waals surface area contributed by atoms with E-state index in [1.165, 1.54) is 14.0 Å². The van der Waals surface area contributed by atoms with Crippen molar-refractivity contribution < 1.29 is 23.8 Å². The second kappa shape index (κ2) is 7.15. The average Bonchev–Trinajstić information content (AvgIpc) is 2.97. The van der Waals surface area contributed by atoms with Gasteiger partial charge in [-0.25, -0.2) is 4.79 Å². The van der Waals surface area contributed by atoms with Gasteiger partial charge in [-0.05, 0) is 37.5 Å². The molecule has 1 aliphatic heterocycles. The van der Waals surface area contributed by atoms with Gasteiger partial charge in [-0.2, -0.15) is 0 Å². The highest BCUT2D eigenvalue weighted by molar-refractivity contribution is 5.98. The lowest BCUT2D eigenvalue weighted by Gasteiger charge is -2.22. The van der Waals surface area contributed by atoms with Crippen LogP contribution in [0.5, 0.6) is 0 Å². The highest BCUT2D eigenvalue weighted by atomic mass is 16.7. The van der Waals surface area contributed by atoms with Crippen molar-refractivity contribution >= 4 is 22.8 Å². The second-order valence-electron chi connectivity index (χ2n) is 5.86. The zero-order valence-electron chi connectivity index (χ0n) is 13.9. The van der Waals surface area contributed by atoms with Crippen LogP contribution in [0.2, 0.25) is 0 Å². The standard InChI is InChI=1S/C18H21NO5/c1-12(20)19-15(11-24-17-5-3-4-8-23-17)9-13-6-7-14(10-16(13)19)18(21)22-2/h6-7,9-10,17H,3-5,8,11H2,1-2H3. The van der Waals surface area contributed by atoms with Gasteiger partial charge in [0.05, 0.1) is 30.5 Å². The maximum atomic E-state index is 12.1. The Kier molecular flexibility index (Phi) is 4.97. The van der Waals surface area contributed by atoms with Crippen molar-refractivity contribution in [2.45, 2.75) is 39.1 Å². The number of hydrogen-bond donors (Lipinski definition) is 0. The fraction of sp³-hybridized carbons (Fsp3) is 0.444. The smallest absolute Gasteiger partial charge is 0.337 e. The summed E-state index contributed by atoms with van der Waals surface area (Å²) in [6, 6.07) is 7.07. The van der Waals surface area contributed by atoms with Gasteiger partial charge < -0.3 is 14.2 Å². The van der Waals surface area contributed by atoms with Gasteiger partial charge in [0.25, 0.3) is 0 Å². The Morgan fingerprint density at radius 2 is 2.12 bits per heavy atom. The molecule has 0 N–H and O–H groups in total. The molecule has 0 radical (unpaired) electrons. The third-order valence-corrected chi connectivity index (χ3v) is 4.17. The maximum Gasteiger partial charge on any atom is 0.337 e. The zero-order chi connectivity index (χ0) is 17.1. The lowest BCUT2D eigenvalue weighted by molar-refractivity contribution is -0.169. The summed E-state index contributed by atoms with van der Waals surface area (Å²) >= 11 is 0. The number of methoxy groups -OCH3 is 1. The summed E-state index contributed by atoms with van der Waals surface area (Å²) in [5, 5.41) is 0.876. The van der Waals surface area contributed by atoms with E-state index in [1.807, 2.05) is 12.1 Å². The number of carbonyl (C=O) groups is 2. The molecule has 128 valence electrons. The SMILES string of the molecule is COC(=O)c1ccc2cc(COC3CCCCO3)n(C(C)=O)c2c1. The van der Waals surface area contributed by atoms with Gasteiger partial charge in [0, 0.05) is 18.9 Å². The third-order valence-electron chi connectivity index (χ3n) is 4.17. The van der Waals surface area contributed by atoms with Gasteiger partial charge in [0.15, 0.2) is 6.29 Å². The Hall–Kier alpha value is -2.18. The molecule has 24 heavy (non-hydrogen) atoms. The average molecular weight is 331 g/mol. The number of aromatic nitrogens is 1. The molecule has 2 heterocycles. The topological polar surface area (TPSA) is 66.8 Å². The molecule has 0 saturated carbocycles. The Labute approximate surface area is 140 Å². The molecular formula is C18H21NO5. The quantitative estimate of drug-likeness (QED) is 0.805. The predicted octanol–water partition coefficient (Wildman–Crippen LogP) is 3.13. The second-order valence-corrected chi connectivity index (χ2v) is 5.86. The van der Waals surface area contributed by atoms with Crippen LogP contribution in [0, 0.1) is 0 Å². The number of carbonyl (C=O) groups excluding carboxylic acids is 2. The van der Waals surface area contributed by atoms with E-state index in [9.17, 15) is 9.59 Å². The largest absolute Gasteiger partial charge is 0.465 e. The van der Waals surface area contributed by atoms with Crippen molar-refractivity contribution in [2.24, 2.45) is 0 Å². The molecule has 0 bridgehead atoms. The Bertz CT molecular complexity index is 758. The number of nitrogens with zero attached hydrogens (tertiary/aromatic N) is 1. The van der Waals surface area contributed by atoms with Crippen LogP contribution in [-0.4, -0.2) is 36.5 Å². The summed E-state index contributed by atoms with van der Waals surface area (Å²) in [5.41, 5.74) is 1.83. The van der Waals surface area contributed by atoms with Crippen LogP contribution in [0.4, 0.5) is 0 Å². The summed E-state index contributed by atoms with van der Waals surface area (Å²) in [6.07, 6.45) is 2.79. The molecule has 1 aliphatic rings. The molecule has 1 unspecified atom stereocenters. The molecular weight excluding hydrogens is 310 g/mol. The third kappa shape index (κ3) is 3.34. The van der Waals surface area contributed by atoms with E-state index in [4.69, 9.17) is 14.2 Å². The molecule has 1 fully saturated rings. The van der Waals surface area contributed by atoms with Crippen LogP contribution in [0.15, 0.2) is 24.3 Å².